The lowest BCUT2D eigenvalue weighted by atomic mass is 9.86. The number of carboxylic acids is 1. The van der Waals surface area contributed by atoms with Crippen molar-refractivity contribution in [3.05, 3.63) is 58.7 Å². The third-order valence-corrected chi connectivity index (χ3v) is 7.27. The maximum absolute atomic E-state index is 13.4. The lowest BCUT2D eigenvalue weighted by molar-refractivity contribution is -0.137. The molecule has 9 nitrogen and oxygen atoms in total. The highest BCUT2D eigenvalue weighted by atomic mass is 16.5. The number of carbonyl (C=O) groups excluding carboxylic acids is 2. The van der Waals surface area contributed by atoms with Crippen molar-refractivity contribution in [3.63, 3.8) is 0 Å². The number of amides is 2. The van der Waals surface area contributed by atoms with E-state index in [1.165, 1.54) is 0 Å². The molecule has 1 spiro atoms. The molecule has 0 unspecified atom stereocenters. The summed E-state index contributed by atoms with van der Waals surface area (Å²) < 4.78 is 11.1. The molecule has 0 saturated heterocycles. The van der Waals surface area contributed by atoms with Crippen LogP contribution in [-0.2, 0) is 26.2 Å². The van der Waals surface area contributed by atoms with E-state index in [0.29, 0.717) is 61.5 Å². The number of nitriles is 1. The molecule has 0 aromatic heterocycles. The summed E-state index contributed by atoms with van der Waals surface area (Å²) >= 11 is 0. The number of anilines is 1. The first-order chi connectivity index (χ1) is 18.1. The maximum Gasteiger partial charge on any atom is 0.303 e. The van der Waals surface area contributed by atoms with Gasteiger partial charge in [0.15, 0.2) is 0 Å². The molecule has 200 valence electrons. The van der Waals surface area contributed by atoms with Gasteiger partial charge in [-0.3, -0.25) is 14.4 Å². The first kappa shape index (κ1) is 27.1. The van der Waals surface area contributed by atoms with Crippen LogP contribution < -0.4 is 15.4 Å². The van der Waals surface area contributed by atoms with Crippen molar-refractivity contribution < 1.29 is 29.0 Å². The molecule has 2 amide bonds. The van der Waals surface area contributed by atoms with Crippen LogP contribution in [0.15, 0.2) is 36.4 Å². The molecular weight excluding hydrogens is 486 g/mol. The zero-order valence-corrected chi connectivity index (χ0v) is 21.9. The smallest absolute Gasteiger partial charge is 0.303 e. The quantitative estimate of drug-likeness (QED) is 0.434. The predicted molar refractivity (Wildman–Crippen MR) is 140 cm³/mol. The van der Waals surface area contributed by atoms with E-state index in [-0.39, 0.29) is 24.2 Å². The van der Waals surface area contributed by atoms with E-state index in [0.717, 1.165) is 11.1 Å². The van der Waals surface area contributed by atoms with Crippen LogP contribution in [0.5, 0.6) is 5.75 Å². The summed E-state index contributed by atoms with van der Waals surface area (Å²) in [6.45, 7) is 4.61. The number of carbonyl (C=O) groups is 3. The fourth-order valence-corrected chi connectivity index (χ4v) is 5.29. The largest absolute Gasteiger partial charge is 0.493 e. The van der Waals surface area contributed by atoms with Crippen molar-refractivity contribution in [2.75, 3.05) is 25.6 Å². The molecule has 2 aromatic carbocycles. The lowest BCUT2D eigenvalue weighted by Crippen LogP contribution is -2.46. The van der Waals surface area contributed by atoms with E-state index < -0.39 is 16.9 Å². The fourth-order valence-electron chi connectivity index (χ4n) is 5.29. The molecule has 0 bridgehead atoms. The summed E-state index contributed by atoms with van der Waals surface area (Å²) in [6.07, 6.45) is 2.20. The number of benzene rings is 2. The zero-order valence-electron chi connectivity index (χ0n) is 21.9. The molecule has 1 aliphatic heterocycles. The molecule has 0 radical (unpaired) electrons. The highest BCUT2D eigenvalue weighted by Gasteiger charge is 2.61. The van der Waals surface area contributed by atoms with Gasteiger partial charge in [-0.2, -0.15) is 5.26 Å². The Labute approximate surface area is 222 Å². The Morgan fingerprint density at radius 1 is 1.24 bits per heavy atom. The van der Waals surface area contributed by atoms with E-state index in [9.17, 15) is 19.6 Å². The van der Waals surface area contributed by atoms with Crippen molar-refractivity contribution in [2.45, 2.75) is 56.9 Å². The number of nitrogens with one attached hydrogen (secondary N) is 2. The van der Waals surface area contributed by atoms with E-state index in [1.807, 2.05) is 19.9 Å². The molecule has 1 heterocycles. The second kappa shape index (κ2) is 10.8. The topological polar surface area (TPSA) is 138 Å². The second-order valence-corrected chi connectivity index (χ2v) is 10.7. The van der Waals surface area contributed by atoms with Gasteiger partial charge in [0.2, 0.25) is 5.91 Å². The average molecular weight is 520 g/mol. The molecule has 2 atom stereocenters. The third-order valence-electron chi connectivity index (χ3n) is 7.27. The van der Waals surface area contributed by atoms with Crippen molar-refractivity contribution >= 4 is 23.5 Å². The minimum absolute atomic E-state index is 0.0223. The van der Waals surface area contributed by atoms with Gasteiger partial charge in [-0.1, -0.05) is 6.07 Å². The van der Waals surface area contributed by atoms with Gasteiger partial charge in [-0.25, -0.2) is 0 Å². The van der Waals surface area contributed by atoms with Gasteiger partial charge < -0.3 is 25.2 Å². The summed E-state index contributed by atoms with van der Waals surface area (Å²) in [5.41, 5.74) is 2.11. The number of hydrogen-bond acceptors (Lipinski definition) is 6. The van der Waals surface area contributed by atoms with Crippen molar-refractivity contribution in [3.8, 4) is 11.8 Å². The number of methoxy groups -OCH3 is 1. The van der Waals surface area contributed by atoms with Crippen LogP contribution in [0.2, 0.25) is 0 Å². The first-order valence-corrected chi connectivity index (χ1v) is 12.7. The Bertz CT molecular complexity index is 1300. The highest BCUT2D eigenvalue weighted by molar-refractivity contribution is 5.98. The highest BCUT2D eigenvalue weighted by Crippen LogP contribution is 2.61. The van der Waals surface area contributed by atoms with Gasteiger partial charge in [0.1, 0.15) is 5.75 Å². The van der Waals surface area contributed by atoms with Crippen molar-refractivity contribution in [1.82, 2.24) is 5.32 Å². The summed E-state index contributed by atoms with van der Waals surface area (Å²) in [6, 6.07) is 12.5. The number of nitrogens with zero attached hydrogens (tertiary/aromatic N) is 1. The number of aliphatic carboxylic acids is 1. The Hall–Kier alpha value is -3.90. The molecule has 1 fully saturated rings. The third kappa shape index (κ3) is 5.81. The van der Waals surface area contributed by atoms with Crippen LogP contribution in [0.1, 0.15) is 66.6 Å². The predicted octanol–water partition coefficient (Wildman–Crippen LogP) is 3.80. The zero-order chi connectivity index (χ0) is 27.5. The number of carboxylic acid groups (broad SMARTS) is 1. The standard InChI is InChI=1S/C29H33N3O6/c1-28(2,17-37-3)32-26(35)20-9-10-24-21(14-20)29(11-12-38-24)15-22(29)27(36)31-23-13-18(16-30)7-8-19(23)5-4-6-25(33)34/h7-10,13-14,22H,4-6,11-12,15,17H2,1-3H3,(H,31,36)(H,32,35)(H,33,34)/t22-,29-/m0/s1. The molecule has 3 N–H and O–H groups in total. The molecule has 1 aliphatic carbocycles. The van der Waals surface area contributed by atoms with Gasteiger partial charge in [-0.15, -0.1) is 0 Å². The van der Waals surface area contributed by atoms with E-state index >= 15 is 0 Å². The molecule has 4 rings (SSSR count). The first-order valence-electron chi connectivity index (χ1n) is 12.7. The Kier molecular flexibility index (Phi) is 7.74. The lowest BCUT2D eigenvalue weighted by Gasteiger charge is -2.28. The molecule has 38 heavy (non-hydrogen) atoms. The van der Waals surface area contributed by atoms with Gasteiger partial charge in [0, 0.05) is 41.7 Å². The van der Waals surface area contributed by atoms with E-state index in [2.05, 4.69) is 16.7 Å². The van der Waals surface area contributed by atoms with Gasteiger partial charge in [0.05, 0.1) is 30.4 Å². The minimum Gasteiger partial charge on any atom is -0.493 e. The Morgan fingerprint density at radius 3 is 2.74 bits per heavy atom. The molecule has 2 aromatic rings. The summed E-state index contributed by atoms with van der Waals surface area (Å²) in [7, 11) is 1.59. The van der Waals surface area contributed by atoms with Gasteiger partial charge in [-0.05, 0) is 75.4 Å². The van der Waals surface area contributed by atoms with Crippen molar-refractivity contribution in [2.24, 2.45) is 5.92 Å². The fraction of sp³-hybridized carbons (Fsp3) is 0.448. The van der Waals surface area contributed by atoms with Crippen LogP contribution in [0.4, 0.5) is 5.69 Å². The number of ether oxygens (including phenoxy) is 2. The number of rotatable bonds is 10. The molecule has 1 saturated carbocycles. The Balaban J connectivity index is 1.54. The summed E-state index contributed by atoms with van der Waals surface area (Å²) in [5.74, 6) is -0.899. The van der Waals surface area contributed by atoms with Gasteiger partial charge >= 0.3 is 5.97 Å². The maximum atomic E-state index is 13.4. The van der Waals surface area contributed by atoms with Crippen LogP contribution >= 0.6 is 0 Å². The summed E-state index contributed by atoms with van der Waals surface area (Å²) in [5, 5.41) is 24.3. The Morgan fingerprint density at radius 2 is 2.03 bits per heavy atom. The SMILES string of the molecule is COCC(C)(C)NC(=O)c1ccc2c(c1)[C@]1(CCO2)C[C@H]1C(=O)Nc1cc(C#N)ccc1CCCC(=O)O. The monoisotopic (exact) mass is 519 g/mol. The number of hydrogen-bond donors (Lipinski definition) is 3. The van der Waals surface area contributed by atoms with Crippen LogP contribution in [0.3, 0.4) is 0 Å². The molecular formula is C29H33N3O6. The number of fused-ring (bicyclic) bond motifs is 2. The minimum atomic E-state index is -0.877. The average Bonchev–Trinajstić information content (AvgIpc) is 3.59. The van der Waals surface area contributed by atoms with Crippen LogP contribution in [0, 0.1) is 17.2 Å². The van der Waals surface area contributed by atoms with Crippen LogP contribution in [-0.4, -0.2) is 48.8 Å². The van der Waals surface area contributed by atoms with Crippen LogP contribution in [0.25, 0.3) is 0 Å². The normalized spacial score (nSPS) is 19.6. The van der Waals surface area contributed by atoms with E-state index in [1.54, 1.807) is 37.4 Å². The second-order valence-electron chi connectivity index (χ2n) is 10.7. The van der Waals surface area contributed by atoms with E-state index in [4.69, 9.17) is 14.6 Å². The van der Waals surface area contributed by atoms with Gasteiger partial charge in [0.25, 0.3) is 5.91 Å². The van der Waals surface area contributed by atoms with Crippen molar-refractivity contribution in [1.29, 1.82) is 5.26 Å². The molecule has 9 heteroatoms. The summed E-state index contributed by atoms with van der Waals surface area (Å²) in [4.78, 5) is 37.4. The molecule has 2 aliphatic rings. The number of aryl methyl sites for hydroxylation is 1.